The topological polar surface area (TPSA) is 35.2 Å². The summed E-state index contributed by atoms with van der Waals surface area (Å²) in [6.45, 7) is 3.67. The molecule has 0 unspecified atom stereocenters. The lowest BCUT2D eigenvalue weighted by Gasteiger charge is -2.13. The molecule has 0 fully saturated rings. The van der Waals surface area contributed by atoms with Gasteiger partial charge in [0, 0.05) is 9.13 Å². The molecule has 0 bridgehead atoms. The fourth-order valence-corrected chi connectivity index (χ4v) is 1.97. The molecule has 0 aliphatic rings. The molecule has 0 spiro atoms. The maximum absolute atomic E-state index is 5.87. The van der Waals surface area contributed by atoms with Crippen LogP contribution in [0.5, 0.6) is 5.75 Å². The zero-order valence-corrected chi connectivity index (χ0v) is 9.61. The van der Waals surface area contributed by atoms with Gasteiger partial charge in [0.15, 0.2) is 0 Å². The van der Waals surface area contributed by atoms with Crippen molar-refractivity contribution in [3.8, 4) is 5.75 Å². The van der Waals surface area contributed by atoms with Crippen LogP contribution in [-0.4, -0.2) is 7.11 Å². The van der Waals surface area contributed by atoms with Crippen LogP contribution in [0.4, 0.5) is 0 Å². The first-order valence-corrected chi connectivity index (χ1v) is 4.99. The molecule has 13 heavy (non-hydrogen) atoms. The molecule has 0 radical (unpaired) electrons. The van der Waals surface area contributed by atoms with Crippen LogP contribution in [0.25, 0.3) is 0 Å². The minimum Gasteiger partial charge on any atom is -0.496 e. The minimum absolute atomic E-state index is 0.164. The highest BCUT2D eigenvalue weighted by Crippen LogP contribution is 2.28. The van der Waals surface area contributed by atoms with Crippen LogP contribution in [-0.2, 0) is 0 Å². The van der Waals surface area contributed by atoms with Gasteiger partial charge in [-0.1, -0.05) is 12.1 Å². The Bertz CT molecular complexity index is 312. The average Bonchev–Trinajstić information content (AvgIpc) is 2.16. The van der Waals surface area contributed by atoms with Gasteiger partial charge in [-0.05, 0) is 34.7 Å². The summed E-state index contributed by atoms with van der Waals surface area (Å²) in [7, 11) is 1.64. The largest absolute Gasteiger partial charge is 0.496 e. The number of hydrogen-bond donors (Lipinski definition) is 1. The van der Waals surface area contributed by atoms with Gasteiger partial charge in [-0.25, -0.2) is 0 Å². The molecular formula is C10H12INO. The van der Waals surface area contributed by atoms with Crippen molar-refractivity contribution in [2.24, 2.45) is 5.73 Å². The van der Waals surface area contributed by atoms with Gasteiger partial charge in [0.25, 0.3) is 0 Å². The number of benzene rings is 1. The minimum atomic E-state index is -0.164. The van der Waals surface area contributed by atoms with Gasteiger partial charge in [0.05, 0.1) is 13.2 Å². The van der Waals surface area contributed by atoms with E-state index >= 15 is 0 Å². The molecule has 0 aromatic heterocycles. The quantitative estimate of drug-likeness (QED) is 0.685. The van der Waals surface area contributed by atoms with Crippen LogP contribution < -0.4 is 10.5 Å². The molecular weight excluding hydrogens is 277 g/mol. The Morgan fingerprint density at radius 2 is 2.31 bits per heavy atom. The van der Waals surface area contributed by atoms with E-state index in [4.69, 9.17) is 10.5 Å². The normalized spacial score (nSPS) is 12.2. The van der Waals surface area contributed by atoms with Gasteiger partial charge in [-0.3, -0.25) is 0 Å². The molecule has 2 N–H and O–H groups in total. The molecule has 1 aromatic rings. The lowest BCUT2D eigenvalue weighted by molar-refractivity contribution is 0.407. The number of rotatable bonds is 3. The summed E-state index contributed by atoms with van der Waals surface area (Å²) in [5, 5.41) is 0. The Balaban J connectivity index is 3.22. The van der Waals surface area contributed by atoms with Gasteiger partial charge in [-0.2, -0.15) is 0 Å². The lowest BCUT2D eigenvalue weighted by atomic mass is 10.1. The van der Waals surface area contributed by atoms with E-state index in [0.29, 0.717) is 0 Å². The van der Waals surface area contributed by atoms with E-state index in [1.54, 1.807) is 13.2 Å². The van der Waals surface area contributed by atoms with Crippen LogP contribution in [0.1, 0.15) is 11.6 Å². The highest BCUT2D eigenvalue weighted by molar-refractivity contribution is 14.1. The van der Waals surface area contributed by atoms with Crippen molar-refractivity contribution >= 4 is 22.6 Å². The van der Waals surface area contributed by atoms with E-state index in [9.17, 15) is 0 Å². The van der Waals surface area contributed by atoms with Gasteiger partial charge < -0.3 is 10.5 Å². The highest BCUT2D eigenvalue weighted by Gasteiger charge is 2.11. The van der Waals surface area contributed by atoms with Crippen molar-refractivity contribution in [3.63, 3.8) is 0 Å². The summed E-state index contributed by atoms with van der Waals surface area (Å²) in [6, 6.07) is 5.69. The second-order valence-corrected chi connectivity index (χ2v) is 3.78. The molecule has 3 heteroatoms. The summed E-state index contributed by atoms with van der Waals surface area (Å²) in [5.41, 5.74) is 6.87. The molecule has 0 aliphatic heterocycles. The molecule has 0 aliphatic carbocycles. The summed E-state index contributed by atoms with van der Waals surface area (Å²) in [5.74, 6) is 0.819. The van der Waals surface area contributed by atoms with Crippen molar-refractivity contribution in [1.29, 1.82) is 0 Å². The molecule has 2 nitrogen and oxygen atoms in total. The predicted octanol–water partition coefficient (Wildman–Crippen LogP) is 2.49. The van der Waals surface area contributed by atoms with E-state index in [0.717, 1.165) is 14.9 Å². The zero-order chi connectivity index (χ0) is 9.84. The first-order valence-electron chi connectivity index (χ1n) is 3.91. The third kappa shape index (κ3) is 2.22. The molecule has 0 amide bonds. The van der Waals surface area contributed by atoms with Crippen molar-refractivity contribution in [2.45, 2.75) is 6.04 Å². The molecule has 0 heterocycles. The predicted molar refractivity (Wildman–Crippen MR) is 62.8 cm³/mol. The van der Waals surface area contributed by atoms with Crippen molar-refractivity contribution in [3.05, 3.63) is 40.0 Å². The smallest absolute Gasteiger partial charge is 0.125 e. The lowest BCUT2D eigenvalue weighted by Crippen LogP contribution is -2.10. The molecule has 1 rings (SSSR count). The Morgan fingerprint density at radius 3 is 2.85 bits per heavy atom. The third-order valence-corrected chi connectivity index (χ3v) is 2.76. The van der Waals surface area contributed by atoms with Crippen molar-refractivity contribution < 1.29 is 4.74 Å². The molecule has 1 atom stereocenters. The average molecular weight is 289 g/mol. The van der Waals surface area contributed by atoms with Crippen LogP contribution in [0.2, 0.25) is 0 Å². The van der Waals surface area contributed by atoms with Gasteiger partial charge in [0.1, 0.15) is 5.75 Å². The molecule has 70 valence electrons. The number of methoxy groups -OCH3 is 1. The number of nitrogens with two attached hydrogens (primary N) is 1. The van der Waals surface area contributed by atoms with Gasteiger partial charge in [-0.15, -0.1) is 6.58 Å². The summed E-state index contributed by atoms with van der Waals surface area (Å²) >= 11 is 2.24. The second-order valence-electron chi connectivity index (χ2n) is 2.62. The Morgan fingerprint density at radius 1 is 1.62 bits per heavy atom. The van der Waals surface area contributed by atoms with E-state index < -0.39 is 0 Å². The van der Waals surface area contributed by atoms with Crippen LogP contribution in [0, 0.1) is 3.57 Å². The van der Waals surface area contributed by atoms with E-state index in [1.165, 1.54) is 0 Å². The standard InChI is InChI=1S/C10H12INO/c1-3-8(12)10-7(11)5-4-6-9(10)13-2/h3-6,8H,1,12H2,2H3/t8-/m1/s1. The van der Waals surface area contributed by atoms with Crippen LogP contribution in [0.3, 0.4) is 0 Å². The van der Waals surface area contributed by atoms with E-state index in [-0.39, 0.29) is 6.04 Å². The zero-order valence-electron chi connectivity index (χ0n) is 7.46. The van der Waals surface area contributed by atoms with Crippen LogP contribution in [0.15, 0.2) is 30.9 Å². The Kier molecular flexibility index (Phi) is 3.74. The molecule has 0 saturated carbocycles. The number of ether oxygens (including phenoxy) is 1. The van der Waals surface area contributed by atoms with E-state index in [2.05, 4.69) is 29.2 Å². The maximum atomic E-state index is 5.87. The SMILES string of the molecule is C=C[C@@H](N)c1c(I)cccc1OC. The number of hydrogen-bond acceptors (Lipinski definition) is 2. The summed E-state index contributed by atoms with van der Waals surface area (Å²) < 4.78 is 6.32. The first-order chi connectivity index (χ1) is 6.20. The molecule has 1 aromatic carbocycles. The third-order valence-electron chi connectivity index (χ3n) is 1.82. The van der Waals surface area contributed by atoms with Crippen LogP contribution >= 0.6 is 22.6 Å². The van der Waals surface area contributed by atoms with Gasteiger partial charge >= 0.3 is 0 Å². The van der Waals surface area contributed by atoms with Crippen molar-refractivity contribution in [2.75, 3.05) is 7.11 Å². The highest BCUT2D eigenvalue weighted by atomic mass is 127. The molecule has 0 saturated heterocycles. The fraction of sp³-hybridized carbons (Fsp3) is 0.200. The Labute approximate surface area is 91.9 Å². The second kappa shape index (κ2) is 4.62. The van der Waals surface area contributed by atoms with Gasteiger partial charge in [0.2, 0.25) is 0 Å². The summed E-state index contributed by atoms with van der Waals surface area (Å²) in [4.78, 5) is 0. The van der Waals surface area contributed by atoms with E-state index in [1.807, 2.05) is 18.2 Å². The Hall–Kier alpha value is -0.550. The number of halogens is 1. The van der Waals surface area contributed by atoms with Crippen molar-refractivity contribution in [1.82, 2.24) is 0 Å². The first kappa shape index (κ1) is 10.5. The maximum Gasteiger partial charge on any atom is 0.125 e. The monoisotopic (exact) mass is 289 g/mol. The fourth-order valence-electron chi connectivity index (χ4n) is 1.14. The summed E-state index contributed by atoms with van der Waals surface area (Å²) in [6.07, 6.45) is 1.71.